The molecule has 0 bridgehead atoms. The number of nitrogens with one attached hydrogen (secondary N) is 1. The van der Waals surface area contributed by atoms with E-state index < -0.39 is 0 Å². The number of fused-ring (bicyclic) bond motifs is 3. The molecule has 134 valence electrons. The van der Waals surface area contributed by atoms with E-state index in [-0.39, 0.29) is 11.9 Å². The fourth-order valence-corrected chi connectivity index (χ4v) is 4.98. The number of nitrogens with zero attached hydrogens (tertiary/aromatic N) is 1. The second-order valence-electron chi connectivity index (χ2n) is 7.63. The molecule has 1 aliphatic carbocycles. The lowest BCUT2D eigenvalue weighted by molar-refractivity contribution is 0.0502. The van der Waals surface area contributed by atoms with E-state index in [0.29, 0.717) is 11.7 Å². The molecule has 4 nitrogen and oxygen atoms in total. The summed E-state index contributed by atoms with van der Waals surface area (Å²) in [5.41, 5.74) is 3.84. The summed E-state index contributed by atoms with van der Waals surface area (Å²) in [6.07, 6.45) is 8.72. The van der Waals surface area contributed by atoms with E-state index in [1.165, 1.54) is 54.3 Å². The van der Waals surface area contributed by atoms with E-state index in [4.69, 9.17) is 4.42 Å². The lowest BCUT2D eigenvalue weighted by atomic mass is 9.79. The number of aromatic amines is 1. The zero-order valence-electron chi connectivity index (χ0n) is 14.9. The van der Waals surface area contributed by atoms with Crippen LogP contribution >= 0.6 is 0 Å². The highest BCUT2D eigenvalue weighted by Gasteiger charge is 2.39. The topological polar surface area (TPSA) is 49.2 Å². The van der Waals surface area contributed by atoms with Crippen LogP contribution in [0.1, 0.15) is 60.0 Å². The molecular formula is C22H24N2O2. The van der Waals surface area contributed by atoms with E-state index in [1.807, 2.05) is 0 Å². The molecule has 1 atom stereocenters. The van der Waals surface area contributed by atoms with Gasteiger partial charge < -0.3 is 14.3 Å². The van der Waals surface area contributed by atoms with Crippen molar-refractivity contribution in [1.29, 1.82) is 0 Å². The van der Waals surface area contributed by atoms with E-state index in [2.05, 4.69) is 34.1 Å². The normalized spacial score (nSPS) is 21.1. The third-order valence-electron chi connectivity index (χ3n) is 6.17. The minimum absolute atomic E-state index is 0.0230. The fraction of sp³-hybridized carbons (Fsp3) is 0.409. The standard InChI is InChI=1S/C22H24N2O2/c25-22(19-11-6-14-26-19)24-13-12-17-16-9-4-5-10-18(16)23-20(17)21(24)15-7-2-1-3-8-15/h4-6,9-11,14-15,21,23H,1-3,7-8,12-13H2. The summed E-state index contributed by atoms with van der Waals surface area (Å²) in [4.78, 5) is 18.9. The third kappa shape index (κ3) is 2.47. The molecule has 4 heteroatoms. The first-order chi connectivity index (χ1) is 12.8. The summed E-state index contributed by atoms with van der Waals surface area (Å²) in [6.45, 7) is 0.759. The highest BCUT2D eigenvalue weighted by Crippen LogP contribution is 2.44. The van der Waals surface area contributed by atoms with Crippen LogP contribution in [0.25, 0.3) is 10.9 Å². The molecule has 0 radical (unpaired) electrons. The van der Waals surface area contributed by atoms with E-state index in [9.17, 15) is 4.79 Å². The second kappa shape index (κ2) is 6.35. The van der Waals surface area contributed by atoms with Crippen molar-refractivity contribution in [3.8, 4) is 0 Å². The molecule has 3 heterocycles. The summed E-state index contributed by atoms with van der Waals surface area (Å²) in [5.74, 6) is 0.995. The van der Waals surface area contributed by atoms with Crippen molar-refractivity contribution in [2.24, 2.45) is 5.92 Å². The van der Waals surface area contributed by atoms with Crippen molar-refractivity contribution in [3.63, 3.8) is 0 Å². The molecule has 3 aromatic rings. The van der Waals surface area contributed by atoms with Gasteiger partial charge in [-0.3, -0.25) is 4.79 Å². The van der Waals surface area contributed by atoms with Gasteiger partial charge in [0.25, 0.3) is 5.91 Å². The number of carbonyl (C=O) groups excluding carboxylic acids is 1. The molecule has 1 N–H and O–H groups in total. The maximum absolute atomic E-state index is 13.2. The number of aromatic nitrogens is 1. The Morgan fingerprint density at radius 1 is 1.08 bits per heavy atom. The molecular weight excluding hydrogens is 324 g/mol. The minimum Gasteiger partial charge on any atom is -0.459 e. The highest BCUT2D eigenvalue weighted by atomic mass is 16.3. The number of H-pyrrole nitrogens is 1. The first-order valence-electron chi connectivity index (χ1n) is 9.77. The van der Waals surface area contributed by atoms with Crippen LogP contribution in [0.4, 0.5) is 0 Å². The van der Waals surface area contributed by atoms with Crippen molar-refractivity contribution >= 4 is 16.8 Å². The predicted octanol–water partition coefficient (Wildman–Crippen LogP) is 5.08. The molecule has 1 fully saturated rings. The predicted molar refractivity (Wildman–Crippen MR) is 101 cm³/mol. The molecule has 1 saturated carbocycles. The molecule has 0 saturated heterocycles. The highest BCUT2D eigenvalue weighted by molar-refractivity contribution is 5.93. The van der Waals surface area contributed by atoms with Gasteiger partial charge in [0.1, 0.15) is 0 Å². The van der Waals surface area contributed by atoms with E-state index in [0.717, 1.165) is 13.0 Å². The van der Waals surface area contributed by atoms with Crippen LogP contribution in [0.2, 0.25) is 0 Å². The van der Waals surface area contributed by atoms with Crippen molar-refractivity contribution < 1.29 is 9.21 Å². The van der Waals surface area contributed by atoms with Gasteiger partial charge in [-0.25, -0.2) is 0 Å². The minimum atomic E-state index is 0.0230. The quantitative estimate of drug-likeness (QED) is 0.702. The second-order valence-corrected chi connectivity index (χ2v) is 7.63. The average molecular weight is 348 g/mol. The van der Waals surface area contributed by atoms with Crippen LogP contribution in [-0.2, 0) is 6.42 Å². The summed E-state index contributed by atoms with van der Waals surface area (Å²) < 4.78 is 5.43. The monoisotopic (exact) mass is 348 g/mol. The van der Waals surface area contributed by atoms with Crippen LogP contribution < -0.4 is 0 Å². The van der Waals surface area contributed by atoms with Crippen LogP contribution in [-0.4, -0.2) is 22.3 Å². The van der Waals surface area contributed by atoms with Gasteiger partial charge in [-0.15, -0.1) is 0 Å². The Morgan fingerprint density at radius 3 is 2.73 bits per heavy atom. The number of benzene rings is 1. The number of rotatable bonds is 2. The summed E-state index contributed by atoms with van der Waals surface area (Å²) in [5, 5.41) is 1.31. The van der Waals surface area contributed by atoms with Gasteiger partial charge >= 0.3 is 0 Å². The SMILES string of the molecule is O=C(c1ccco1)N1CCc2c([nH]c3ccccc23)C1C1CCCCC1. The Bertz CT molecular complexity index is 919. The molecule has 5 rings (SSSR count). The lowest BCUT2D eigenvalue weighted by Gasteiger charge is -2.41. The van der Waals surface area contributed by atoms with Gasteiger partial charge in [0, 0.05) is 23.1 Å². The average Bonchev–Trinajstić information content (AvgIpc) is 3.35. The van der Waals surface area contributed by atoms with Gasteiger partial charge in [0.05, 0.1) is 12.3 Å². The van der Waals surface area contributed by atoms with Crippen LogP contribution in [0.15, 0.2) is 47.1 Å². The molecule has 1 unspecified atom stereocenters. The number of hydrogen-bond acceptors (Lipinski definition) is 2. The number of amides is 1. The Hall–Kier alpha value is -2.49. The number of furan rings is 1. The zero-order valence-corrected chi connectivity index (χ0v) is 14.9. The summed E-state index contributed by atoms with van der Waals surface area (Å²) >= 11 is 0. The summed E-state index contributed by atoms with van der Waals surface area (Å²) in [6, 6.07) is 12.2. The van der Waals surface area contributed by atoms with Gasteiger partial charge in [-0.05, 0) is 48.9 Å². The maximum Gasteiger partial charge on any atom is 0.290 e. The maximum atomic E-state index is 13.2. The van der Waals surface area contributed by atoms with Crippen molar-refractivity contribution in [2.45, 2.75) is 44.6 Å². The zero-order chi connectivity index (χ0) is 17.5. The van der Waals surface area contributed by atoms with E-state index in [1.54, 1.807) is 18.4 Å². The third-order valence-corrected chi connectivity index (χ3v) is 6.17. The Balaban J connectivity index is 1.61. The molecule has 1 aromatic carbocycles. The van der Waals surface area contributed by atoms with Crippen molar-refractivity contribution in [2.75, 3.05) is 6.54 Å². The molecule has 0 spiro atoms. The molecule has 1 amide bonds. The van der Waals surface area contributed by atoms with Gasteiger partial charge in [-0.2, -0.15) is 0 Å². The summed E-state index contributed by atoms with van der Waals surface area (Å²) in [7, 11) is 0. The largest absolute Gasteiger partial charge is 0.459 e. The van der Waals surface area contributed by atoms with E-state index >= 15 is 0 Å². The Kier molecular flexibility index (Phi) is 3.84. The lowest BCUT2D eigenvalue weighted by Crippen LogP contribution is -2.43. The van der Waals surface area contributed by atoms with Crippen molar-refractivity contribution in [1.82, 2.24) is 9.88 Å². The number of carbonyl (C=O) groups is 1. The van der Waals surface area contributed by atoms with Gasteiger partial charge in [-0.1, -0.05) is 37.5 Å². The molecule has 2 aromatic heterocycles. The van der Waals surface area contributed by atoms with Gasteiger partial charge in [0.15, 0.2) is 5.76 Å². The molecule has 1 aliphatic heterocycles. The Morgan fingerprint density at radius 2 is 1.92 bits per heavy atom. The van der Waals surface area contributed by atoms with Crippen molar-refractivity contribution in [3.05, 3.63) is 59.7 Å². The smallest absolute Gasteiger partial charge is 0.290 e. The van der Waals surface area contributed by atoms with Crippen LogP contribution in [0, 0.1) is 5.92 Å². The Labute approximate surface area is 153 Å². The molecule has 2 aliphatic rings. The number of hydrogen-bond donors (Lipinski definition) is 1. The van der Waals surface area contributed by atoms with Crippen LogP contribution in [0.3, 0.4) is 0 Å². The van der Waals surface area contributed by atoms with Gasteiger partial charge in [0.2, 0.25) is 0 Å². The first kappa shape index (κ1) is 15.7. The fourth-order valence-electron chi connectivity index (χ4n) is 4.98. The molecule has 26 heavy (non-hydrogen) atoms. The number of para-hydroxylation sites is 1. The first-order valence-corrected chi connectivity index (χ1v) is 9.77. The van der Waals surface area contributed by atoms with Crippen LogP contribution in [0.5, 0.6) is 0 Å².